The van der Waals surface area contributed by atoms with Crippen LogP contribution in [0.4, 0.5) is 5.69 Å². The van der Waals surface area contributed by atoms with Crippen LogP contribution in [0.25, 0.3) is 0 Å². The van der Waals surface area contributed by atoms with Gasteiger partial charge in [-0.15, -0.1) is 11.8 Å². The van der Waals surface area contributed by atoms with Gasteiger partial charge in [-0.25, -0.2) is 12.7 Å². The smallest absolute Gasteiger partial charge is 0.275 e. The number of nitrogens with zero attached hydrogens (tertiary/aromatic N) is 1. The molecule has 0 saturated heterocycles. The monoisotopic (exact) mass is 326 g/mol. The summed E-state index contributed by atoms with van der Waals surface area (Å²) in [4.78, 5) is 1.19. The number of hydrogen-bond acceptors (Lipinski definition) is 5. The Labute approximate surface area is 129 Å². The molecule has 0 amide bonds. The van der Waals surface area contributed by atoms with Gasteiger partial charge in [0.05, 0.1) is 6.54 Å². The molecule has 21 heavy (non-hydrogen) atoms. The first kappa shape index (κ1) is 15.9. The molecule has 0 radical (unpaired) electrons. The molecule has 1 N–H and O–H groups in total. The molecule has 114 valence electrons. The summed E-state index contributed by atoms with van der Waals surface area (Å²) in [7, 11) is -0.561. The lowest BCUT2D eigenvalue weighted by molar-refractivity contribution is 0.402. The second-order valence-corrected chi connectivity index (χ2v) is 7.55. The Balaban J connectivity index is 2.03. The predicted octanol–water partition coefficient (Wildman–Crippen LogP) is 2.86. The summed E-state index contributed by atoms with van der Waals surface area (Å²) < 4.78 is 30.3. The number of sulfonamides is 1. The van der Waals surface area contributed by atoms with Crippen molar-refractivity contribution in [1.29, 1.82) is 0 Å². The molecular weight excluding hydrogens is 308 g/mol. The minimum absolute atomic E-state index is 0.0398. The summed E-state index contributed by atoms with van der Waals surface area (Å²) in [6, 6.07) is 11.1. The van der Waals surface area contributed by atoms with Crippen molar-refractivity contribution < 1.29 is 12.8 Å². The number of benzene rings is 1. The summed E-state index contributed by atoms with van der Waals surface area (Å²) in [5.74, 6) is 0.573. The van der Waals surface area contributed by atoms with E-state index in [2.05, 4.69) is 5.32 Å². The summed E-state index contributed by atoms with van der Waals surface area (Å²) in [5.41, 5.74) is 0.959. The molecule has 0 aliphatic rings. The van der Waals surface area contributed by atoms with Crippen molar-refractivity contribution in [2.45, 2.75) is 16.5 Å². The number of anilines is 1. The van der Waals surface area contributed by atoms with Gasteiger partial charge in [-0.3, -0.25) is 0 Å². The lowest BCUT2D eigenvalue weighted by Crippen LogP contribution is -2.21. The predicted molar refractivity (Wildman–Crippen MR) is 85.1 cm³/mol. The van der Waals surface area contributed by atoms with Crippen LogP contribution in [0.5, 0.6) is 0 Å². The van der Waals surface area contributed by atoms with Gasteiger partial charge in [-0.1, -0.05) is 0 Å². The van der Waals surface area contributed by atoms with E-state index in [1.807, 2.05) is 30.5 Å². The minimum Gasteiger partial charge on any atom is -0.446 e. The summed E-state index contributed by atoms with van der Waals surface area (Å²) in [6.07, 6.45) is 2.03. The first-order valence-electron chi connectivity index (χ1n) is 6.32. The van der Waals surface area contributed by atoms with Crippen molar-refractivity contribution in [2.75, 3.05) is 25.7 Å². The van der Waals surface area contributed by atoms with Crippen molar-refractivity contribution >= 4 is 27.5 Å². The Morgan fingerprint density at radius 3 is 2.38 bits per heavy atom. The molecule has 0 aliphatic heterocycles. The van der Waals surface area contributed by atoms with E-state index in [4.69, 9.17) is 4.42 Å². The van der Waals surface area contributed by atoms with Crippen LogP contribution in [0.2, 0.25) is 0 Å². The number of thioether (sulfide) groups is 1. The van der Waals surface area contributed by atoms with Crippen molar-refractivity contribution in [1.82, 2.24) is 4.31 Å². The Hall–Kier alpha value is -1.44. The molecule has 2 rings (SSSR count). The van der Waals surface area contributed by atoms with Gasteiger partial charge in [0.15, 0.2) is 0 Å². The molecule has 0 unspecified atom stereocenters. The number of hydrogen-bond donors (Lipinski definition) is 1. The summed E-state index contributed by atoms with van der Waals surface area (Å²) in [5, 5.41) is 3.16. The fraction of sp³-hybridized carbons (Fsp3) is 0.286. The Morgan fingerprint density at radius 2 is 1.81 bits per heavy atom. The maximum Gasteiger partial charge on any atom is 0.275 e. The van der Waals surface area contributed by atoms with E-state index in [9.17, 15) is 8.42 Å². The van der Waals surface area contributed by atoms with Crippen LogP contribution in [-0.2, 0) is 16.6 Å². The zero-order valence-corrected chi connectivity index (χ0v) is 13.8. The highest BCUT2D eigenvalue weighted by molar-refractivity contribution is 7.98. The molecule has 2 aromatic rings. The molecule has 0 atom stereocenters. The lowest BCUT2D eigenvalue weighted by Gasteiger charge is -2.08. The Kier molecular flexibility index (Phi) is 4.97. The van der Waals surface area contributed by atoms with Crippen LogP contribution in [0.15, 0.2) is 50.8 Å². The molecule has 0 spiro atoms. The van der Waals surface area contributed by atoms with Crippen molar-refractivity contribution in [2.24, 2.45) is 0 Å². The van der Waals surface area contributed by atoms with Crippen molar-refractivity contribution in [3.8, 4) is 0 Å². The fourth-order valence-electron chi connectivity index (χ4n) is 1.67. The summed E-state index contributed by atoms with van der Waals surface area (Å²) in [6.45, 7) is 0.432. The second-order valence-electron chi connectivity index (χ2n) is 4.59. The van der Waals surface area contributed by atoms with Gasteiger partial charge < -0.3 is 9.73 Å². The minimum atomic E-state index is -3.51. The van der Waals surface area contributed by atoms with Crippen LogP contribution in [0.3, 0.4) is 0 Å². The van der Waals surface area contributed by atoms with Crippen LogP contribution >= 0.6 is 11.8 Å². The number of nitrogens with one attached hydrogen (secondary N) is 1. The Bertz CT molecular complexity index is 691. The van der Waals surface area contributed by atoms with E-state index in [1.54, 1.807) is 17.8 Å². The number of rotatable bonds is 6. The van der Waals surface area contributed by atoms with E-state index in [0.717, 1.165) is 9.99 Å². The van der Waals surface area contributed by atoms with Gasteiger partial charge in [0.2, 0.25) is 5.09 Å². The van der Waals surface area contributed by atoms with Gasteiger partial charge in [-0.05, 0) is 42.7 Å². The average molecular weight is 326 g/mol. The highest BCUT2D eigenvalue weighted by Crippen LogP contribution is 2.20. The molecule has 5 nitrogen and oxygen atoms in total. The second kappa shape index (κ2) is 6.55. The van der Waals surface area contributed by atoms with Gasteiger partial charge >= 0.3 is 0 Å². The average Bonchev–Trinajstić information content (AvgIpc) is 2.95. The first-order valence-corrected chi connectivity index (χ1v) is 8.99. The van der Waals surface area contributed by atoms with Crippen molar-refractivity contribution in [3.05, 3.63) is 42.2 Å². The van der Waals surface area contributed by atoms with Gasteiger partial charge in [0.25, 0.3) is 10.0 Å². The molecule has 0 bridgehead atoms. The first-order chi connectivity index (χ1) is 9.93. The third kappa shape index (κ3) is 3.81. The molecule has 0 aliphatic carbocycles. The van der Waals surface area contributed by atoms with E-state index in [1.165, 1.54) is 25.1 Å². The van der Waals surface area contributed by atoms with Crippen LogP contribution < -0.4 is 5.32 Å². The fourth-order valence-corrected chi connectivity index (χ4v) is 2.89. The number of furan rings is 1. The highest BCUT2D eigenvalue weighted by atomic mass is 32.2. The van der Waals surface area contributed by atoms with E-state index < -0.39 is 10.0 Å². The third-order valence-corrected chi connectivity index (χ3v) is 5.36. The normalized spacial score (nSPS) is 11.8. The van der Waals surface area contributed by atoms with Gasteiger partial charge in [-0.2, -0.15) is 0 Å². The quantitative estimate of drug-likeness (QED) is 0.827. The largest absolute Gasteiger partial charge is 0.446 e. The van der Waals surface area contributed by atoms with Crippen LogP contribution in [0, 0.1) is 0 Å². The topological polar surface area (TPSA) is 62.6 Å². The van der Waals surface area contributed by atoms with Crippen molar-refractivity contribution in [3.63, 3.8) is 0 Å². The van der Waals surface area contributed by atoms with Crippen LogP contribution in [-0.4, -0.2) is 33.1 Å². The van der Waals surface area contributed by atoms with Crippen LogP contribution in [0.1, 0.15) is 5.76 Å². The highest BCUT2D eigenvalue weighted by Gasteiger charge is 2.21. The SMILES string of the molecule is CSc1ccc(NCc2ccc(S(=O)(=O)N(C)C)o2)cc1. The van der Waals surface area contributed by atoms with Gasteiger partial charge in [0.1, 0.15) is 5.76 Å². The van der Waals surface area contributed by atoms with Gasteiger partial charge in [0, 0.05) is 24.7 Å². The molecule has 0 saturated carbocycles. The maximum atomic E-state index is 11.9. The zero-order chi connectivity index (χ0) is 15.5. The molecule has 1 heterocycles. The summed E-state index contributed by atoms with van der Waals surface area (Å²) >= 11 is 1.68. The molecule has 1 aromatic carbocycles. The molecule has 7 heteroatoms. The van der Waals surface area contributed by atoms with E-state index in [-0.39, 0.29) is 5.09 Å². The zero-order valence-electron chi connectivity index (χ0n) is 12.2. The standard InChI is InChI=1S/C14H18N2O3S2/c1-16(2)21(17,18)14-9-6-12(19-14)10-15-11-4-7-13(20-3)8-5-11/h4-9,15H,10H2,1-3H3. The molecular formula is C14H18N2O3S2. The molecule has 1 aromatic heterocycles. The van der Waals surface area contributed by atoms with E-state index >= 15 is 0 Å². The lowest BCUT2D eigenvalue weighted by atomic mass is 10.3. The molecule has 0 fully saturated rings. The third-order valence-electron chi connectivity index (χ3n) is 2.93. The maximum absolute atomic E-state index is 11.9. The Morgan fingerprint density at radius 1 is 1.14 bits per heavy atom. The van der Waals surface area contributed by atoms with E-state index in [0.29, 0.717) is 12.3 Å².